The van der Waals surface area contributed by atoms with Crippen LogP contribution in [-0.2, 0) is 0 Å². The molecule has 0 saturated heterocycles. The predicted octanol–water partition coefficient (Wildman–Crippen LogP) is 2.47. The Labute approximate surface area is 83.3 Å². The third-order valence-corrected chi connectivity index (χ3v) is 3.10. The van der Waals surface area contributed by atoms with Crippen molar-refractivity contribution in [3.8, 4) is 0 Å². The molecule has 70 valence electrons. The lowest BCUT2D eigenvalue weighted by molar-refractivity contribution is 0.657. The van der Waals surface area contributed by atoms with Gasteiger partial charge in [0.15, 0.2) is 0 Å². The third kappa shape index (κ3) is 1.81. The normalized spacial score (nSPS) is 14.7. The van der Waals surface area contributed by atoms with Gasteiger partial charge in [-0.05, 0) is 18.6 Å². The highest BCUT2D eigenvalue weighted by Gasteiger charge is 2.17. The van der Waals surface area contributed by atoms with Crippen molar-refractivity contribution in [2.75, 3.05) is 17.4 Å². The van der Waals surface area contributed by atoms with E-state index in [2.05, 4.69) is 41.6 Å². The molecule has 3 heteroatoms. The van der Waals surface area contributed by atoms with Crippen molar-refractivity contribution in [3.05, 3.63) is 24.3 Å². The smallest absolute Gasteiger partial charge is 0.0846 e. The number of hydrogen-bond donors (Lipinski definition) is 1. The number of hydrazine groups is 1. The molecule has 0 fully saturated rings. The molecule has 13 heavy (non-hydrogen) atoms. The lowest BCUT2D eigenvalue weighted by atomic mass is 10.3. The molecular formula is C10H14N2S. The van der Waals surface area contributed by atoms with Crippen molar-refractivity contribution in [1.82, 2.24) is 5.43 Å². The monoisotopic (exact) mass is 194 g/mol. The van der Waals surface area contributed by atoms with Gasteiger partial charge in [-0.15, -0.1) is 11.8 Å². The second kappa shape index (κ2) is 4.03. The molecule has 1 heterocycles. The standard InChI is InChI=1S/C10H14N2S/c1-2-7-11-12-8-13-10-6-4-3-5-9(10)12/h3-6,11H,2,7-8H2,1H3. The van der Waals surface area contributed by atoms with Crippen LogP contribution in [0.1, 0.15) is 13.3 Å². The number of hydrogen-bond acceptors (Lipinski definition) is 3. The number of rotatable bonds is 3. The first kappa shape index (κ1) is 8.91. The van der Waals surface area contributed by atoms with Crippen molar-refractivity contribution in [3.63, 3.8) is 0 Å². The fourth-order valence-corrected chi connectivity index (χ4v) is 2.38. The molecule has 1 aromatic carbocycles. The highest BCUT2D eigenvalue weighted by atomic mass is 32.2. The Morgan fingerprint density at radius 1 is 1.46 bits per heavy atom. The van der Waals surface area contributed by atoms with Gasteiger partial charge in [0.05, 0.1) is 11.6 Å². The van der Waals surface area contributed by atoms with E-state index in [1.165, 1.54) is 17.0 Å². The summed E-state index contributed by atoms with van der Waals surface area (Å²) < 4.78 is 0. The van der Waals surface area contributed by atoms with E-state index in [4.69, 9.17) is 0 Å². The maximum absolute atomic E-state index is 3.40. The highest BCUT2D eigenvalue weighted by Crippen LogP contribution is 2.36. The number of benzene rings is 1. The second-order valence-electron chi connectivity index (χ2n) is 3.08. The zero-order chi connectivity index (χ0) is 9.10. The molecule has 0 aliphatic carbocycles. The van der Waals surface area contributed by atoms with Gasteiger partial charge in [-0.3, -0.25) is 5.01 Å². The Bertz CT molecular complexity index is 288. The Kier molecular flexibility index (Phi) is 2.76. The van der Waals surface area contributed by atoms with Crippen LogP contribution in [-0.4, -0.2) is 12.4 Å². The average Bonchev–Trinajstić information content (AvgIpc) is 2.58. The number of nitrogens with one attached hydrogen (secondary N) is 1. The maximum Gasteiger partial charge on any atom is 0.0846 e. The molecule has 0 saturated carbocycles. The number of para-hydroxylation sites is 1. The molecule has 0 radical (unpaired) electrons. The van der Waals surface area contributed by atoms with Crippen LogP contribution in [0.5, 0.6) is 0 Å². The molecule has 0 bridgehead atoms. The van der Waals surface area contributed by atoms with E-state index in [0.29, 0.717) is 0 Å². The van der Waals surface area contributed by atoms with E-state index in [0.717, 1.165) is 12.4 Å². The topological polar surface area (TPSA) is 15.3 Å². The van der Waals surface area contributed by atoms with Crippen molar-refractivity contribution in [2.45, 2.75) is 18.2 Å². The molecule has 0 atom stereocenters. The largest absolute Gasteiger partial charge is 0.297 e. The Hall–Kier alpha value is -0.670. The number of fused-ring (bicyclic) bond motifs is 1. The van der Waals surface area contributed by atoms with Crippen molar-refractivity contribution < 1.29 is 0 Å². The summed E-state index contributed by atoms with van der Waals surface area (Å²) in [6.45, 7) is 3.23. The van der Waals surface area contributed by atoms with Gasteiger partial charge in [-0.1, -0.05) is 19.1 Å². The molecule has 1 N–H and O–H groups in total. The SMILES string of the molecule is CCCNN1CSc2ccccc21. The summed E-state index contributed by atoms with van der Waals surface area (Å²) in [5.41, 5.74) is 4.72. The van der Waals surface area contributed by atoms with Crippen LogP contribution in [0, 0.1) is 0 Å². The second-order valence-corrected chi connectivity index (χ2v) is 4.06. The first-order valence-corrected chi connectivity index (χ1v) is 5.63. The van der Waals surface area contributed by atoms with Gasteiger partial charge in [-0.2, -0.15) is 0 Å². The zero-order valence-electron chi connectivity index (χ0n) is 7.79. The van der Waals surface area contributed by atoms with Crippen LogP contribution in [0.25, 0.3) is 0 Å². The van der Waals surface area contributed by atoms with E-state index in [1.54, 1.807) is 0 Å². The Balaban J connectivity index is 2.09. The van der Waals surface area contributed by atoms with E-state index in [-0.39, 0.29) is 0 Å². The maximum atomic E-state index is 3.40. The van der Waals surface area contributed by atoms with Crippen LogP contribution in [0.2, 0.25) is 0 Å². The van der Waals surface area contributed by atoms with Crippen molar-refractivity contribution in [1.29, 1.82) is 0 Å². The van der Waals surface area contributed by atoms with Gasteiger partial charge in [-0.25, -0.2) is 5.43 Å². The van der Waals surface area contributed by atoms with Gasteiger partial charge in [0, 0.05) is 11.4 Å². The van der Waals surface area contributed by atoms with Crippen molar-refractivity contribution >= 4 is 17.4 Å². The summed E-state index contributed by atoms with van der Waals surface area (Å²) in [4.78, 5) is 1.38. The molecular weight excluding hydrogens is 180 g/mol. The van der Waals surface area contributed by atoms with Crippen LogP contribution in [0.3, 0.4) is 0 Å². The molecule has 2 nitrogen and oxygen atoms in total. The minimum absolute atomic E-state index is 1.03. The Morgan fingerprint density at radius 3 is 3.15 bits per heavy atom. The lowest BCUT2D eigenvalue weighted by Crippen LogP contribution is -2.36. The summed E-state index contributed by atoms with van der Waals surface area (Å²) in [7, 11) is 0. The first-order valence-electron chi connectivity index (χ1n) is 4.64. The van der Waals surface area contributed by atoms with Crippen LogP contribution >= 0.6 is 11.8 Å². The molecule has 0 aromatic heterocycles. The number of anilines is 1. The fourth-order valence-electron chi connectivity index (χ4n) is 1.38. The van der Waals surface area contributed by atoms with Gasteiger partial charge < -0.3 is 0 Å². The summed E-state index contributed by atoms with van der Waals surface area (Å²) in [6.07, 6.45) is 1.17. The van der Waals surface area contributed by atoms with Crippen LogP contribution in [0.4, 0.5) is 5.69 Å². The molecule has 1 aliphatic rings. The van der Waals surface area contributed by atoms with Crippen LogP contribution < -0.4 is 10.4 Å². The molecule has 1 aliphatic heterocycles. The van der Waals surface area contributed by atoms with E-state index in [1.807, 2.05) is 11.8 Å². The molecule has 0 unspecified atom stereocenters. The predicted molar refractivity (Wildman–Crippen MR) is 57.9 cm³/mol. The lowest BCUT2D eigenvalue weighted by Gasteiger charge is -2.18. The van der Waals surface area contributed by atoms with Gasteiger partial charge in [0.25, 0.3) is 0 Å². The van der Waals surface area contributed by atoms with E-state index < -0.39 is 0 Å². The molecule has 1 aromatic rings. The molecule has 2 rings (SSSR count). The molecule has 0 spiro atoms. The number of thioether (sulfide) groups is 1. The van der Waals surface area contributed by atoms with Gasteiger partial charge in [0.1, 0.15) is 0 Å². The fraction of sp³-hybridized carbons (Fsp3) is 0.400. The zero-order valence-corrected chi connectivity index (χ0v) is 8.60. The van der Waals surface area contributed by atoms with Gasteiger partial charge >= 0.3 is 0 Å². The minimum atomic E-state index is 1.03. The highest BCUT2D eigenvalue weighted by molar-refractivity contribution is 7.99. The molecule has 0 amide bonds. The Morgan fingerprint density at radius 2 is 2.31 bits per heavy atom. The summed E-state index contributed by atoms with van der Waals surface area (Å²) in [6, 6.07) is 8.52. The van der Waals surface area contributed by atoms with Crippen LogP contribution in [0.15, 0.2) is 29.2 Å². The van der Waals surface area contributed by atoms with Gasteiger partial charge in [0.2, 0.25) is 0 Å². The first-order chi connectivity index (χ1) is 6.42. The van der Waals surface area contributed by atoms with E-state index in [9.17, 15) is 0 Å². The third-order valence-electron chi connectivity index (χ3n) is 2.06. The number of nitrogens with zero attached hydrogens (tertiary/aromatic N) is 1. The quantitative estimate of drug-likeness (QED) is 0.795. The summed E-state index contributed by atoms with van der Waals surface area (Å²) in [5.74, 6) is 1.03. The minimum Gasteiger partial charge on any atom is -0.297 e. The van der Waals surface area contributed by atoms with E-state index >= 15 is 0 Å². The average molecular weight is 194 g/mol. The summed E-state index contributed by atoms with van der Waals surface area (Å²) in [5, 5.41) is 2.23. The van der Waals surface area contributed by atoms with Crippen molar-refractivity contribution in [2.24, 2.45) is 0 Å². The summed E-state index contributed by atoms with van der Waals surface area (Å²) >= 11 is 1.89.